The third-order valence-corrected chi connectivity index (χ3v) is 8.76. The molecule has 0 spiro atoms. The van der Waals surface area contributed by atoms with Crippen molar-refractivity contribution in [2.75, 3.05) is 4.90 Å². The summed E-state index contributed by atoms with van der Waals surface area (Å²) in [5.41, 5.74) is 5.27. The molecule has 40 heavy (non-hydrogen) atoms. The number of nitrogens with zero attached hydrogens (tertiary/aromatic N) is 3. The number of benzene rings is 4. The second-order valence-electron chi connectivity index (χ2n) is 10.8. The van der Waals surface area contributed by atoms with Crippen LogP contribution < -0.4 is 4.90 Å². The molecular weight excluding hydrogens is 502 g/mol. The molecule has 196 valence electrons. The van der Waals surface area contributed by atoms with Crippen LogP contribution in [0.3, 0.4) is 0 Å². The van der Waals surface area contributed by atoms with Crippen molar-refractivity contribution in [1.82, 2.24) is 0 Å². The molecule has 7 heteroatoms. The van der Waals surface area contributed by atoms with Crippen LogP contribution in [0.25, 0.3) is 0 Å². The van der Waals surface area contributed by atoms with Gasteiger partial charge >= 0.3 is 0 Å². The Labute approximate surface area is 231 Å². The summed E-state index contributed by atoms with van der Waals surface area (Å²) < 4.78 is 0. The molecule has 0 radical (unpaired) electrons. The fourth-order valence-corrected chi connectivity index (χ4v) is 7.24. The van der Waals surface area contributed by atoms with E-state index in [-0.39, 0.29) is 29.1 Å². The number of nitro groups is 1. The Kier molecular flexibility index (Phi) is 5.16. The highest BCUT2D eigenvalue weighted by Crippen LogP contribution is 2.64. The van der Waals surface area contributed by atoms with Crippen LogP contribution in [-0.4, -0.2) is 23.0 Å². The summed E-state index contributed by atoms with van der Waals surface area (Å²) in [5.74, 6) is -2.16. The van der Waals surface area contributed by atoms with E-state index < -0.39 is 22.2 Å². The topological polar surface area (TPSA) is 92.9 Å². The molecule has 1 fully saturated rings. The number of imide groups is 1. The van der Waals surface area contributed by atoms with Gasteiger partial charge in [0.1, 0.15) is 5.69 Å². The van der Waals surface area contributed by atoms with E-state index in [0.29, 0.717) is 5.69 Å². The minimum Gasteiger partial charge on any atom is -0.274 e. The normalized spacial score (nSPS) is 24.2. The highest BCUT2D eigenvalue weighted by Gasteiger charge is 2.68. The Morgan fingerprint density at radius 2 is 1.48 bits per heavy atom. The number of para-hydroxylation sites is 2. The summed E-state index contributed by atoms with van der Waals surface area (Å²) >= 11 is 0. The van der Waals surface area contributed by atoms with Crippen molar-refractivity contribution in [2.45, 2.75) is 25.2 Å². The van der Waals surface area contributed by atoms with Crippen molar-refractivity contribution in [2.24, 2.45) is 16.8 Å². The van der Waals surface area contributed by atoms with Crippen molar-refractivity contribution >= 4 is 35.1 Å². The Hall–Kier alpha value is -4.91. The van der Waals surface area contributed by atoms with Crippen LogP contribution in [0.5, 0.6) is 0 Å². The molecule has 0 unspecified atom stereocenters. The largest absolute Gasteiger partial charge is 0.294 e. The average molecular weight is 528 g/mol. The van der Waals surface area contributed by atoms with Gasteiger partial charge in [-0.25, -0.2) is 4.90 Å². The van der Waals surface area contributed by atoms with Gasteiger partial charge in [-0.2, -0.15) is 0 Å². The van der Waals surface area contributed by atoms with Crippen LogP contribution >= 0.6 is 0 Å². The molecule has 8 rings (SSSR count). The first-order chi connectivity index (χ1) is 19.3. The minimum atomic E-state index is -1.09. The van der Waals surface area contributed by atoms with Gasteiger partial charge in [0, 0.05) is 18.2 Å². The Bertz CT molecular complexity index is 1740. The SMILES string of the molecule is Cc1ccc(N2C(=O)[C@H]3C4c5ccccc5C(C=Nc5ccccc5[N+](=O)[O-])(c5ccccc54)[C@H]3C2=O)c(C)c1. The molecule has 2 atom stereocenters. The van der Waals surface area contributed by atoms with Crippen LogP contribution in [0.4, 0.5) is 17.1 Å². The highest BCUT2D eigenvalue weighted by molar-refractivity contribution is 6.25. The Morgan fingerprint density at radius 3 is 2.12 bits per heavy atom. The fourth-order valence-electron chi connectivity index (χ4n) is 7.24. The van der Waals surface area contributed by atoms with E-state index in [1.165, 1.54) is 11.0 Å². The van der Waals surface area contributed by atoms with Crippen LogP contribution in [0, 0.1) is 35.8 Å². The van der Waals surface area contributed by atoms with E-state index in [1.54, 1.807) is 24.4 Å². The molecule has 1 heterocycles. The van der Waals surface area contributed by atoms with Crippen LogP contribution in [0.15, 0.2) is 96.0 Å². The maximum absolute atomic E-state index is 14.5. The highest BCUT2D eigenvalue weighted by atomic mass is 16.6. The molecular formula is C33H25N3O4. The maximum atomic E-state index is 14.5. The van der Waals surface area contributed by atoms with Crippen molar-refractivity contribution in [3.05, 3.63) is 134 Å². The molecule has 0 aromatic heterocycles. The first kappa shape index (κ1) is 24.2. The summed E-state index contributed by atoms with van der Waals surface area (Å²) in [6, 6.07) is 27.8. The van der Waals surface area contributed by atoms with Crippen LogP contribution in [0.2, 0.25) is 0 Å². The van der Waals surface area contributed by atoms with Crippen molar-refractivity contribution in [3.63, 3.8) is 0 Å². The minimum absolute atomic E-state index is 0.122. The second kappa shape index (κ2) is 8.55. The second-order valence-corrected chi connectivity index (χ2v) is 10.8. The number of hydrogen-bond acceptors (Lipinski definition) is 5. The molecule has 1 saturated heterocycles. The number of rotatable bonds is 4. The fraction of sp³-hybridized carbons (Fsp3) is 0.182. The molecule has 4 aliphatic rings. The molecule has 2 amide bonds. The van der Waals surface area contributed by atoms with E-state index in [0.717, 1.165) is 33.4 Å². The predicted molar refractivity (Wildman–Crippen MR) is 152 cm³/mol. The number of amides is 2. The lowest BCUT2D eigenvalue weighted by atomic mass is 9.47. The van der Waals surface area contributed by atoms with E-state index in [4.69, 9.17) is 4.99 Å². The third kappa shape index (κ3) is 3.09. The average Bonchev–Trinajstić information content (AvgIpc) is 3.23. The summed E-state index contributed by atoms with van der Waals surface area (Å²) in [6.07, 6.45) is 1.69. The van der Waals surface area contributed by atoms with Gasteiger partial charge < -0.3 is 0 Å². The van der Waals surface area contributed by atoms with Crippen LogP contribution in [-0.2, 0) is 15.0 Å². The quantitative estimate of drug-likeness (QED) is 0.137. The van der Waals surface area contributed by atoms with Gasteiger partial charge in [0.2, 0.25) is 11.8 Å². The standard InChI is InChI=1S/C33H25N3O4/c1-19-15-16-26(20(2)17-19)35-31(37)29-28-21-9-3-5-11-23(21)33(30(29)32(35)38,24-12-6-4-10-22(24)28)18-34-25-13-7-8-14-27(25)36(39)40/h3-18,28-30H,1-2H3/t28?,29-,30+,33?/m0/s1. The number of hydrogen-bond donors (Lipinski definition) is 0. The van der Waals surface area contributed by atoms with Gasteiger partial charge in [-0.3, -0.25) is 24.7 Å². The number of carbonyl (C=O) groups is 2. The smallest absolute Gasteiger partial charge is 0.274 e. The Balaban J connectivity index is 1.51. The number of aryl methyl sites for hydroxylation is 2. The predicted octanol–water partition coefficient (Wildman–Crippen LogP) is 6.16. The zero-order valence-electron chi connectivity index (χ0n) is 21.9. The van der Waals surface area contributed by atoms with E-state index in [2.05, 4.69) is 0 Å². The molecule has 7 nitrogen and oxygen atoms in total. The summed E-state index contributed by atoms with van der Waals surface area (Å²) in [7, 11) is 0. The maximum Gasteiger partial charge on any atom is 0.294 e. The molecule has 1 aliphatic heterocycles. The van der Waals surface area contributed by atoms with Gasteiger partial charge in [0.25, 0.3) is 5.69 Å². The Morgan fingerprint density at radius 1 is 0.850 bits per heavy atom. The molecule has 3 aliphatic carbocycles. The van der Waals surface area contributed by atoms with Crippen LogP contribution in [0.1, 0.15) is 39.3 Å². The molecule has 2 bridgehead atoms. The third-order valence-electron chi connectivity index (χ3n) is 8.76. The zero-order valence-corrected chi connectivity index (χ0v) is 21.9. The molecule has 0 N–H and O–H groups in total. The zero-order chi connectivity index (χ0) is 27.8. The summed E-state index contributed by atoms with van der Waals surface area (Å²) in [4.78, 5) is 46.3. The van der Waals surface area contributed by atoms with E-state index >= 15 is 0 Å². The monoisotopic (exact) mass is 527 g/mol. The number of anilines is 1. The van der Waals surface area contributed by atoms with Gasteiger partial charge in [-0.05, 0) is 53.8 Å². The lowest BCUT2D eigenvalue weighted by molar-refractivity contribution is -0.384. The first-order valence-corrected chi connectivity index (χ1v) is 13.3. The lowest BCUT2D eigenvalue weighted by Crippen LogP contribution is -2.54. The lowest BCUT2D eigenvalue weighted by Gasteiger charge is -2.52. The molecule has 4 aromatic carbocycles. The summed E-state index contributed by atoms with van der Waals surface area (Å²) in [5, 5.41) is 11.8. The molecule has 0 saturated carbocycles. The first-order valence-electron chi connectivity index (χ1n) is 13.3. The van der Waals surface area contributed by atoms with Gasteiger partial charge in [-0.15, -0.1) is 0 Å². The number of aliphatic imine (C=N–C) groups is 1. The van der Waals surface area contributed by atoms with Crippen molar-refractivity contribution in [1.29, 1.82) is 0 Å². The van der Waals surface area contributed by atoms with Gasteiger partial charge in [0.15, 0.2) is 0 Å². The van der Waals surface area contributed by atoms with Crippen molar-refractivity contribution in [3.8, 4) is 0 Å². The van der Waals surface area contributed by atoms with Crippen molar-refractivity contribution < 1.29 is 14.5 Å². The number of carbonyl (C=O) groups excluding carboxylic acids is 2. The molecule has 4 aromatic rings. The van der Waals surface area contributed by atoms with E-state index in [1.807, 2.05) is 80.6 Å². The van der Waals surface area contributed by atoms with Gasteiger partial charge in [-0.1, -0.05) is 78.4 Å². The van der Waals surface area contributed by atoms with E-state index in [9.17, 15) is 19.7 Å². The summed E-state index contributed by atoms with van der Waals surface area (Å²) in [6.45, 7) is 3.89. The number of nitro benzene ring substituents is 1. The van der Waals surface area contributed by atoms with Gasteiger partial charge in [0.05, 0.1) is 27.9 Å².